The molecular weight excluding hydrogens is 461 g/mol. The van der Waals surface area contributed by atoms with Crippen molar-refractivity contribution < 1.29 is 35.5 Å². The van der Waals surface area contributed by atoms with Gasteiger partial charge in [-0.1, -0.05) is 43.1 Å². The number of alkyl halides is 2. The molecule has 0 aliphatic rings. The van der Waals surface area contributed by atoms with Crippen molar-refractivity contribution in [3.8, 4) is 29.4 Å². The third kappa shape index (κ3) is 6.11. The van der Waals surface area contributed by atoms with E-state index in [4.69, 9.17) is 0 Å². The fourth-order valence-electron chi connectivity index (χ4n) is 2.98. The average molecular weight is 476 g/mol. The van der Waals surface area contributed by atoms with Gasteiger partial charge in [-0.15, -0.1) is 0 Å². The smallest absolute Gasteiger partial charge is 0.387 e. The second-order valence-corrected chi connectivity index (χ2v) is 7.03. The Hall–Kier alpha value is -3.91. The minimum absolute atomic E-state index is 0.0628. The van der Waals surface area contributed by atoms with E-state index in [1.165, 1.54) is 12.1 Å². The van der Waals surface area contributed by atoms with Gasteiger partial charge in [0.15, 0.2) is 17.4 Å². The number of ether oxygens (including phenoxy) is 1. The van der Waals surface area contributed by atoms with Crippen molar-refractivity contribution in [1.29, 1.82) is 0 Å². The molecular formula is C26H15F7O. The molecule has 0 aromatic heterocycles. The Balaban J connectivity index is 1.86. The van der Waals surface area contributed by atoms with E-state index in [1.807, 2.05) is 6.92 Å². The van der Waals surface area contributed by atoms with Crippen LogP contribution in [0.2, 0.25) is 0 Å². The zero-order valence-corrected chi connectivity index (χ0v) is 17.6. The summed E-state index contributed by atoms with van der Waals surface area (Å²) in [6, 6.07) is 7.48. The van der Waals surface area contributed by atoms with Crippen LogP contribution in [0, 0.1) is 52.8 Å². The Morgan fingerprint density at radius 1 is 0.706 bits per heavy atom. The summed E-state index contributed by atoms with van der Waals surface area (Å²) >= 11 is 0. The summed E-state index contributed by atoms with van der Waals surface area (Å²) in [5.41, 5.74) is -0.270. The lowest BCUT2D eigenvalue weighted by Crippen LogP contribution is -2.06. The molecule has 174 valence electrons. The van der Waals surface area contributed by atoms with E-state index < -0.39 is 47.0 Å². The second-order valence-electron chi connectivity index (χ2n) is 7.03. The maximum absolute atomic E-state index is 14.4. The SMILES string of the molecule is CCCc1ccc(C#Cc2cc(F)c(C#Cc3cc(F)c(OC(F)F)c(F)c3)c(F)c2)c(F)c1. The molecule has 3 aromatic carbocycles. The molecule has 0 heterocycles. The van der Waals surface area contributed by atoms with E-state index in [-0.39, 0.29) is 16.7 Å². The van der Waals surface area contributed by atoms with Gasteiger partial charge in [0.1, 0.15) is 17.5 Å². The van der Waals surface area contributed by atoms with Gasteiger partial charge in [0.2, 0.25) is 0 Å². The summed E-state index contributed by atoms with van der Waals surface area (Å²) in [6.45, 7) is -1.48. The Morgan fingerprint density at radius 2 is 1.26 bits per heavy atom. The van der Waals surface area contributed by atoms with E-state index in [0.717, 1.165) is 24.1 Å². The first-order valence-electron chi connectivity index (χ1n) is 9.93. The lowest BCUT2D eigenvalue weighted by Gasteiger charge is -2.07. The van der Waals surface area contributed by atoms with Gasteiger partial charge in [-0.2, -0.15) is 8.78 Å². The molecule has 0 spiro atoms. The largest absolute Gasteiger partial charge is 0.429 e. The summed E-state index contributed by atoms with van der Waals surface area (Å²) in [4.78, 5) is 0. The number of aryl methyl sites for hydroxylation is 1. The maximum atomic E-state index is 14.4. The molecule has 0 aliphatic heterocycles. The number of hydrogen-bond acceptors (Lipinski definition) is 1. The molecule has 0 N–H and O–H groups in total. The lowest BCUT2D eigenvalue weighted by atomic mass is 10.1. The highest BCUT2D eigenvalue weighted by Gasteiger charge is 2.16. The molecule has 0 radical (unpaired) electrons. The van der Waals surface area contributed by atoms with Crippen molar-refractivity contribution in [1.82, 2.24) is 0 Å². The molecule has 0 bridgehead atoms. The van der Waals surface area contributed by atoms with E-state index in [0.29, 0.717) is 18.6 Å². The molecule has 0 saturated carbocycles. The third-order valence-electron chi connectivity index (χ3n) is 4.49. The van der Waals surface area contributed by atoms with Crippen molar-refractivity contribution in [2.75, 3.05) is 0 Å². The van der Waals surface area contributed by atoms with Crippen molar-refractivity contribution in [2.24, 2.45) is 0 Å². The van der Waals surface area contributed by atoms with Gasteiger partial charge in [-0.05, 0) is 48.4 Å². The number of hydrogen-bond donors (Lipinski definition) is 0. The minimum atomic E-state index is -3.44. The topological polar surface area (TPSA) is 9.23 Å². The van der Waals surface area contributed by atoms with Crippen LogP contribution in [-0.2, 0) is 6.42 Å². The van der Waals surface area contributed by atoms with Crippen LogP contribution in [0.3, 0.4) is 0 Å². The molecule has 0 fully saturated rings. The van der Waals surface area contributed by atoms with Gasteiger partial charge < -0.3 is 4.74 Å². The zero-order chi connectivity index (χ0) is 24.8. The van der Waals surface area contributed by atoms with Crippen LogP contribution in [0.4, 0.5) is 30.7 Å². The van der Waals surface area contributed by atoms with Crippen molar-refractivity contribution in [2.45, 2.75) is 26.4 Å². The van der Waals surface area contributed by atoms with Gasteiger partial charge in [-0.25, -0.2) is 22.0 Å². The summed E-state index contributed by atoms with van der Waals surface area (Å²) in [6.07, 6.45) is 1.55. The van der Waals surface area contributed by atoms with E-state index in [9.17, 15) is 30.7 Å². The Bertz CT molecular complexity index is 1290. The maximum Gasteiger partial charge on any atom is 0.387 e. The van der Waals surface area contributed by atoms with Gasteiger partial charge >= 0.3 is 6.61 Å². The minimum Gasteiger partial charge on any atom is -0.429 e. The van der Waals surface area contributed by atoms with Crippen molar-refractivity contribution in [3.05, 3.63) is 99.4 Å². The van der Waals surface area contributed by atoms with Gasteiger partial charge in [-0.3, -0.25) is 0 Å². The first kappa shape index (κ1) is 24.7. The van der Waals surface area contributed by atoms with E-state index in [1.54, 1.807) is 6.07 Å². The van der Waals surface area contributed by atoms with E-state index >= 15 is 0 Å². The fraction of sp³-hybridized carbons (Fsp3) is 0.154. The highest BCUT2D eigenvalue weighted by molar-refractivity contribution is 5.50. The standard InChI is InChI=1S/C26H15F7O/c1-2-3-15-4-7-18(20(27)10-15)8-5-16-11-21(28)19(22(29)12-16)9-6-17-13-23(30)25(24(31)14-17)34-26(32)33/h4,7,10-14,26H,2-3H2,1H3. The van der Waals surface area contributed by atoms with Crippen LogP contribution in [-0.4, -0.2) is 6.61 Å². The molecule has 8 heteroatoms. The highest BCUT2D eigenvalue weighted by Crippen LogP contribution is 2.25. The molecule has 3 aromatic rings. The molecule has 0 atom stereocenters. The molecule has 34 heavy (non-hydrogen) atoms. The molecule has 0 aliphatic carbocycles. The molecule has 1 nitrogen and oxygen atoms in total. The second kappa shape index (κ2) is 10.8. The first-order chi connectivity index (χ1) is 16.2. The van der Waals surface area contributed by atoms with Crippen molar-refractivity contribution in [3.63, 3.8) is 0 Å². The Morgan fingerprint density at radius 3 is 1.79 bits per heavy atom. The average Bonchev–Trinajstić information content (AvgIpc) is 2.75. The predicted molar refractivity (Wildman–Crippen MR) is 112 cm³/mol. The van der Waals surface area contributed by atoms with Crippen LogP contribution >= 0.6 is 0 Å². The van der Waals surface area contributed by atoms with Crippen molar-refractivity contribution >= 4 is 0 Å². The molecule has 0 saturated heterocycles. The van der Waals surface area contributed by atoms with E-state index in [2.05, 4.69) is 28.4 Å². The van der Waals surface area contributed by atoms with Gasteiger partial charge in [0.05, 0.1) is 11.1 Å². The summed E-state index contributed by atoms with van der Waals surface area (Å²) in [5, 5.41) is 0. The quantitative estimate of drug-likeness (QED) is 0.300. The first-order valence-corrected chi connectivity index (χ1v) is 9.93. The molecule has 0 unspecified atom stereocenters. The summed E-state index contributed by atoms with van der Waals surface area (Å²) in [7, 11) is 0. The normalized spacial score (nSPS) is 10.4. The van der Waals surface area contributed by atoms with Gasteiger partial charge in [0.25, 0.3) is 0 Å². The predicted octanol–water partition coefficient (Wildman–Crippen LogP) is 6.74. The monoisotopic (exact) mass is 476 g/mol. The lowest BCUT2D eigenvalue weighted by molar-refractivity contribution is -0.0546. The van der Waals surface area contributed by atoms with Crippen LogP contribution in [0.5, 0.6) is 5.75 Å². The number of rotatable bonds is 4. The number of halogens is 7. The van der Waals surface area contributed by atoms with Crippen LogP contribution in [0.15, 0.2) is 42.5 Å². The Kier molecular flexibility index (Phi) is 7.86. The summed E-state index contributed by atoms with van der Waals surface area (Å²) in [5.74, 6) is 2.32. The fourth-order valence-corrected chi connectivity index (χ4v) is 2.98. The number of benzene rings is 3. The highest BCUT2D eigenvalue weighted by atomic mass is 19.3. The third-order valence-corrected chi connectivity index (χ3v) is 4.49. The van der Waals surface area contributed by atoms with Gasteiger partial charge in [0, 0.05) is 11.1 Å². The van der Waals surface area contributed by atoms with Crippen LogP contribution in [0.1, 0.15) is 41.2 Å². The molecule has 3 rings (SSSR count). The zero-order valence-electron chi connectivity index (χ0n) is 17.6. The van der Waals surface area contributed by atoms with Crippen LogP contribution in [0.25, 0.3) is 0 Å². The Labute approximate surface area is 191 Å². The molecule has 0 amide bonds. The summed E-state index contributed by atoms with van der Waals surface area (Å²) < 4.78 is 98.6. The van der Waals surface area contributed by atoms with Crippen LogP contribution < -0.4 is 4.74 Å².